The number of halogens is 1. The molecule has 0 bridgehead atoms. The molecule has 1 heterocycles. The molecule has 1 saturated carbocycles. The van der Waals surface area contributed by atoms with Crippen molar-refractivity contribution in [3.8, 4) is 11.8 Å². The van der Waals surface area contributed by atoms with Gasteiger partial charge in [-0.05, 0) is 31.6 Å². The predicted molar refractivity (Wildman–Crippen MR) is 87.2 cm³/mol. The van der Waals surface area contributed by atoms with E-state index in [0.29, 0.717) is 36.7 Å². The van der Waals surface area contributed by atoms with Gasteiger partial charge in [-0.15, -0.1) is 0 Å². The van der Waals surface area contributed by atoms with Gasteiger partial charge in [0, 0.05) is 18.7 Å². The van der Waals surface area contributed by atoms with E-state index in [1.54, 1.807) is 0 Å². The van der Waals surface area contributed by atoms with Crippen molar-refractivity contribution in [3.63, 3.8) is 0 Å². The molecule has 0 atom stereocenters. The SMILES string of the molecule is O=C(CI)NCC1CCC(C(=O)O)(n2c(O)ccc2O)CC1. The van der Waals surface area contributed by atoms with Gasteiger partial charge in [0.2, 0.25) is 5.91 Å². The third-order valence-corrected chi connectivity index (χ3v) is 5.00. The summed E-state index contributed by atoms with van der Waals surface area (Å²) in [6.07, 6.45) is 1.79. The smallest absolute Gasteiger partial charge is 0.330 e. The van der Waals surface area contributed by atoms with Crippen molar-refractivity contribution in [2.24, 2.45) is 5.92 Å². The zero-order chi connectivity index (χ0) is 16.3. The second-order valence-electron chi connectivity index (χ2n) is 5.60. The molecule has 1 aliphatic rings. The first-order chi connectivity index (χ1) is 10.4. The first kappa shape index (κ1) is 16.9. The number of hydrogen-bond donors (Lipinski definition) is 4. The molecule has 0 unspecified atom stereocenters. The Hall–Kier alpha value is -1.45. The summed E-state index contributed by atoms with van der Waals surface area (Å²) in [4.78, 5) is 23.1. The van der Waals surface area contributed by atoms with Crippen molar-refractivity contribution in [1.82, 2.24) is 9.88 Å². The average Bonchev–Trinajstić information content (AvgIpc) is 2.84. The minimum atomic E-state index is -1.33. The van der Waals surface area contributed by atoms with Crippen molar-refractivity contribution < 1.29 is 24.9 Å². The molecule has 0 aliphatic heterocycles. The summed E-state index contributed by atoms with van der Waals surface area (Å²) < 4.78 is 1.49. The maximum Gasteiger partial charge on any atom is 0.330 e. The van der Waals surface area contributed by atoms with Gasteiger partial charge in [-0.1, -0.05) is 22.6 Å². The number of aromatic nitrogens is 1. The summed E-state index contributed by atoms with van der Waals surface area (Å²) in [7, 11) is 0. The normalized spacial score (nSPS) is 24.9. The van der Waals surface area contributed by atoms with Crippen LogP contribution in [0.1, 0.15) is 25.7 Å². The number of aliphatic carboxylic acids is 1. The van der Waals surface area contributed by atoms with Gasteiger partial charge in [-0.25, -0.2) is 4.79 Å². The molecule has 1 aromatic rings. The van der Waals surface area contributed by atoms with Crippen LogP contribution in [-0.4, -0.2) is 42.7 Å². The minimum absolute atomic E-state index is 0.0311. The van der Waals surface area contributed by atoms with Crippen LogP contribution >= 0.6 is 22.6 Å². The molecule has 2 rings (SSSR count). The number of alkyl halides is 1. The van der Waals surface area contributed by atoms with E-state index in [1.807, 2.05) is 22.6 Å². The maximum atomic E-state index is 11.8. The van der Waals surface area contributed by atoms with Gasteiger partial charge in [0.15, 0.2) is 11.8 Å². The summed E-state index contributed by atoms with van der Waals surface area (Å²) in [5, 5.41) is 32.2. The van der Waals surface area contributed by atoms with Crippen LogP contribution in [0.4, 0.5) is 0 Å². The highest BCUT2D eigenvalue weighted by Crippen LogP contribution is 2.43. The third kappa shape index (κ3) is 3.16. The van der Waals surface area contributed by atoms with E-state index in [0.717, 1.165) is 4.57 Å². The van der Waals surface area contributed by atoms with Crippen molar-refractivity contribution in [3.05, 3.63) is 12.1 Å². The monoisotopic (exact) mass is 422 g/mol. The fraction of sp³-hybridized carbons (Fsp3) is 0.571. The number of carbonyl (C=O) groups is 2. The Morgan fingerprint density at radius 1 is 1.27 bits per heavy atom. The van der Waals surface area contributed by atoms with E-state index in [2.05, 4.69) is 5.32 Å². The summed E-state index contributed by atoms with van der Waals surface area (Å²) in [6, 6.07) is 2.57. The summed E-state index contributed by atoms with van der Waals surface area (Å²) in [5.74, 6) is -1.40. The van der Waals surface area contributed by atoms with Gasteiger partial charge in [0.25, 0.3) is 0 Å². The molecule has 122 valence electrons. The van der Waals surface area contributed by atoms with Crippen molar-refractivity contribution in [2.45, 2.75) is 31.2 Å². The zero-order valence-corrected chi connectivity index (χ0v) is 14.1. The number of nitrogens with one attached hydrogen (secondary N) is 1. The van der Waals surface area contributed by atoms with Gasteiger partial charge in [0.05, 0.1) is 4.43 Å². The Labute approximate surface area is 141 Å². The lowest BCUT2D eigenvalue weighted by Crippen LogP contribution is -2.46. The van der Waals surface area contributed by atoms with Gasteiger partial charge in [-0.2, -0.15) is 0 Å². The third-order valence-electron chi connectivity index (χ3n) is 4.31. The molecule has 1 amide bonds. The van der Waals surface area contributed by atoms with E-state index >= 15 is 0 Å². The molecule has 1 aromatic heterocycles. The van der Waals surface area contributed by atoms with E-state index in [9.17, 15) is 24.9 Å². The van der Waals surface area contributed by atoms with E-state index in [-0.39, 0.29) is 23.6 Å². The number of carboxylic acids is 1. The Kier molecular flexibility index (Phi) is 5.20. The number of amides is 1. The largest absolute Gasteiger partial charge is 0.494 e. The highest BCUT2D eigenvalue weighted by Gasteiger charge is 2.46. The second kappa shape index (κ2) is 6.76. The van der Waals surface area contributed by atoms with Crippen molar-refractivity contribution >= 4 is 34.5 Å². The molecule has 0 aromatic carbocycles. The average molecular weight is 422 g/mol. The van der Waals surface area contributed by atoms with Crippen LogP contribution in [0.3, 0.4) is 0 Å². The molecule has 22 heavy (non-hydrogen) atoms. The van der Waals surface area contributed by atoms with Crippen LogP contribution < -0.4 is 5.32 Å². The lowest BCUT2D eigenvalue weighted by Gasteiger charge is -2.38. The Morgan fingerprint density at radius 3 is 2.27 bits per heavy atom. The molecule has 0 radical (unpaired) electrons. The molecule has 1 fully saturated rings. The molecule has 0 spiro atoms. The number of nitrogens with zero attached hydrogens (tertiary/aromatic N) is 1. The van der Waals surface area contributed by atoms with E-state index in [1.165, 1.54) is 12.1 Å². The topological polar surface area (TPSA) is 112 Å². The number of carbonyl (C=O) groups excluding carboxylic acids is 1. The highest BCUT2D eigenvalue weighted by molar-refractivity contribution is 14.1. The van der Waals surface area contributed by atoms with Crippen LogP contribution in [0, 0.1) is 5.92 Å². The van der Waals surface area contributed by atoms with E-state index in [4.69, 9.17) is 0 Å². The first-order valence-electron chi connectivity index (χ1n) is 7.07. The Balaban J connectivity index is 2.11. The molecular weight excluding hydrogens is 403 g/mol. The van der Waals surface area contributed by atoms with Gasteiger partial charge >= 0.3 is 5.97 Å². The Bertz CT molecular complexity index is 544. The van der Waals surface area contributed by atoms with Crippen LogP contribution in [-0.2, 0) is 15.1 Å². The predicted octanol–water partition coefficient (Wildman–Crippen LogP) is 1.42. The van der Waals surface area contributed by atoms with Gasteiger partial charge < -0.3 is 20.6 Å². The molecule has 8 heteroatoms. The van der Waals surface area contributed by atoms with E-state index < -0.39 is 11.5 Å². The number of carboxylic acid groups (broad SMARTS) is 1. The number of aromatic hydroxyl groups is 2. The summed E-state index contributed by atoms with van der Waals surface area (Å²) in [5.41, 5.74) is -1.33. The number of rotatable bonds is 5. The lowest BCUT2D eigenvalue weighted by molar-refractivity contribution is -0.150. The number of hydrogen-bond acceptors (Lipinski definition) is 4. The molecule has 7 nitrogen and oxygen atoms in total. The van der Waals surface area contributed by atoms with Crippen LogP contribution in [0.2, 0.25) is 0 Å². The Morgan fingerprint density at radius 2 is 1.82 bits per heavy atom. The zero-order valence-electron chi connectivity index (χ0n) is 12.0. The summed E-state index contributed by atoms with van der Waals surface area (Å²) in [6.45, 7) is 0.529. The molecule has 1 aliphatic carbocycles. The summed E-state index contributed by atoms with van der Waals surface area (Å²) >= 11 is 1.99. The first-order valence-corrected chi connectivity index (χ1v) is 8.59. The van der Waals surface area contributed by atoms with Crippen LogP contribution in [0.25, 0.3) is 0 Å². The van der Waals surface area contributed by atoms with Gasteiger partial charge in [-0.3, -0.25) is 9.36 Å². The van der Waals surface area contributed by atoms with Crippen molar-refractivity contribution in [1.29, 1.82) is 0 Å². The van der Waals surface area contributed by atoms with Gasteiger partial charge in [0.1, 0.15) is 5.54 Å². The lowest BCUT2D eigenvalue weighted by atomic mass is 9.76. The molecular formula is C14H19IN2O5. The van der Waals surface area contributed by atoms with Crippen LogP contribution in [0.5, 0.6) is 11.8 Å². The standard InChI is InChI=1S/C14H19IN2O5/c15-7-10(18)16-8-9-3-5-14(6-4-9,13(21)22)17-11(19)1-2-12(17)20/h1-2,9,19-20H,3-8H2,(H,16,18)(H,21,22). The fourth-order valence-corrected chi connectivity index (χ4v) is 3.32. The maximum absolute atomic E-state index is 11.8. The fourth-order valence-electron chi connectivity index (χ4n) is 3.05. The molecule has 0 saturated heterocycles. The minimum Gasteiger partial charge on any atom is -0.494 e. The van der Waals surface area contributed by atoms with Crippen molar-refractivity contribution in [2.75, 3.05) is 11.0 Å². The highest BCUT2D eigenvalue weighted by atomic mass is 127. The quantitative estimate of drug-likeness (QED) is 0.424. The van der Waals surface area contributed by atoms with Crippen LogP contribution in [0.15, 0.2) is 12.1 Å². The molecule has 4 N–H and O–H groups in total. The second-order valence-corrected chi connectivity index (χ2v) is 6.37.